The molecule has 0 aliphatic rings. The van der Waals surface area contributed by atoms with E-state index < -0.39 is 10.0 Å². The van der Waals surface area contributed by atoms with Gasteiger partial charge in [0.2, 0.25) is 0 Å². The summed E-state index contributed by atoms with van der Waals surface area (Å²) in [5.74, 6) is 0. The average molecular weight is 413 g/mol. The van der Waals surface area contributed by atoms with Gasteiger partial charge in [-0.1, -0.05) is 54.6 Å². The van der Waals surface area contributed by atoms with Crippen LogP contribution in [0.15, 0.2) is 88.7 Å². The molecule has 144 valence electrons. The number of sulfonamides is 1. The number of anilines is 1. The van der Waals surface area contributed by atoms with Crippen molar-refractivity contribution in [1.29, 1.82) is 0 Å². The first-order valence-corrected chi connectivity index (χ1v) is 10.8. The third kappa shape index (κ3) is 4.74. The van der Waals surface area contributed by atoms with Gasteiger partial charge in [0.15, 0.2) is 0 Å². The van der Waals surface area contributed by atoms with E-state index in [1.807, 2.05) is 36.4 Å². The Kier molecular flexibility index (Phi) is 6.06. The number of amides is 1. The van der Waals surface area contributed by atoms with Crippen molar-refractivity contribution in [2.24, 2.45) is 0 Å². The summed E-state index contributed by atoms with van der Waals surface area (Å²) in [6.07, 6.45) is 0. The van der Waals surface area contributed by atoms with Gasteiger partial charge in [-0.05, 0) is 41.6 Å². The highest BCUT2D eigenvalue weighted by atomic mass is 32.2. The van der Waals surface area contributed by atoms with Crippen LogP contribution in [0.3, 0.4) is 0 Å². The summed E-state index contributed by atoms with van der Waals surface area (Å²) in [6.45, 7) is 0. The minimum atomic E-state index is -3.81. The Morgan fingerprint density at radius 3 is 2.29 bits per heavy atom. The average Bonchev–Trinajstić information content (AvgIpc) is 2.68. The van der Waals surface area contributed by atoms with E-state index >= 15 is 0 Å². The smallest absolute Gasteiger partial charge is 0.285 e. The van der Waals surface area contributed by atoms with E-state index in [4.69, 9.17) is 0 Å². The molecule has 0 atom stereocenters. The highest BCUT2D eigenvalue weighted by Gasteiger charge is 2.19. The number of rotatable bonds is 5. The summed E-state index contributed by atoms with van der Waals surface area (Å²) in [7, 11) is -0.470. The molecule has 28 heavy (non-hydrogen) atoms. The molecule has 3 rings (SSSR count). The molecule has 0 aromatic heterocycles. The van der Waals surface area contributed by atoms with Gasteiger partial charge in [-0.15, -0.1) is 0 Å². The van der Waals surface area contributed by atoms with E-state index in [9.17, 15) is 13.2 Å². The summed E-state index contributed by atoms with van der Waals surface area (Å²) in [5, 5.41) is -0.130. The van der Waals surface area contributed by atoms with E-state index in [0.717, 1.165) is 17.3 Å². The van der Waals surface area contributed by atoms with Crippen LogP contribution in [0.5, 0.6) is 0 Å². The van der Waals surface area contributed by atoms with Crippen molar-refractivity contribution < 1.29 is 13.2 Å². The van der Waals surface area contributed by atoms with E-state index in [1.165, 1.54) is 4.90 Å². The van der Waals surface area contributed by atoms with Crippen LogP contribution < -0.4 is 4.72 Å². The quantitative estimate of drug-likeness (QED) is 0.604. The molecule has 0 bridgehead atoms. The van der Waals surface area contributed by atoms with Crippen molar-refractivity contribution in [2.75, 3.05) is 18.8 Å². The molecule has 0 saturated heterocycles. The Balaban J connectivity index is 1.91. The zero-order valence-corrected chi connectivity index (χ0v) is 17.1. The van der Waals surface area contributed by atoms with Crippen LogP contribution >= 0.6 is 11.8 Å². The normalized spacial score (nSPS) is 11.1. The maximum absolute atomic E-state index is 13.0. The standard InChI is InChI=1S/C21H20N2O3S2/c1-23(2)21(24)27-18-12-8-11-17(15-18)22-28(25,26)20-14-7-6-13-19(20)16-9-4-3-5-10-16/h3-15,22H,1-2H3. The maximum atomic E-state index is 13.0. The summed E-state index contributed by atoms with van der Waals surface area (Å²) >= 11 is 1.04. The van der Waals surface area contributed by atoms with Crippen LogP contribution in [0.25, 0.3) is 11.1 Å². The van der Waals surface area contributed by atoms with Crippen molar-refractivity contribution in [2.45, 2.75) is 9.79 Å². The van der Waals surface area contributed by atoms with Gasteiger partial charge in [0.1, 0.15) is 0 Å². The first-order chi connectivity index (χ1) is 13.4. The number of benzene rings is 3. The van der Waals surface area contributed by atoms with Gasteiger partial charge in [0, 0.05) is 30.2 Å². The third-order valence-electron chi connectivity index (χ3n) is 3.92. The van der Waals surface area contributed by atoms with Crippen molar-refractivity contribution in [1.82, 2.24) is 4.90 Å². The Morgan fingerprint density at radius 2 is 1.57 bits per heavy atom. The maximum Gasteiger partial charge on any atom is 0.285 e. The van der Waals surface area contributed by atoms with Crippen molar-refractivity contribution in [3.63, 3.8) is 0 Å². The lowest BCUT2D eigenvalue weighted by molar-refractivity contribution is 0.241. The van der Waals surface area contributed by atoms with E-state index in [-0.39, 0.29) is 10.1 Å². The first-order valence-electron chi connectivity index (χ1n) is 8.53. The lowest BCUT2D eigenvalue weighted by Gasteiger charge is -2.14. The summed E-state index contributed by atoms with van der Waals surface area (Å²) < 4.78 is 28.7. The lowest BCUT2D eigenvalue weighted by Crippen LogP contribution is -2.16. The zero-order chi connectivity index (χ0) is 20.1. The Bertz CT molecular complexity index is 1080. The van der Waals surface area contributed by atoms with Gasteiger partial charge < -0.3 is 4.90 Å². The molecule has 7 heteroatoms. The molecule has 3 aromatic carbocycles. The summed E-state index contributed by atoms with van der Waals surface area (Å²) in [6, 6.07) is 23.0. The molecule has 0 aliphatic carbocycles. The molecular formula is C21H20N2O3S2. The number of hydrogen-bond donors (Lipinski definition) is 1. The molecule has 0 unspecified atom stereocenters. The third-order valence-corrected chi connectivity index (χ3v) is 6.39. The van der Waals surface area contributed by atoms with E-state index in [2.05, 4.69) is 4.72 Å². The van der Waals surface area contributed by atoms with Crippen molar-refractivity contribution >= 4 is 32.7 Å². The second-order valence-corrected chi connectivity index (χ2v) is 8.93. The number of hydrogen-bond acceptors (Lipinski definition) is 4. The second-order valence-electron chi connectivity index (χ2n) is 6.26. The molecule has 0 radical (unpaired) electrons. The molecule has 0 fully saturated rings. The van der Waals surface area contributed by atoms with Gasteiger partial charge in [0.05, 0.1) is 4.90 Å². The van der Waals surface area contributed by atoms with Crippen LogP contribution in [-0.4, -0.2) is 32.7 Å². The molecular weight excluding hydrogens is 392 g/mol. The fourth-order valence-corrected chi connectivity index (χ4v) is 4.58. The lowest BCUT2D eigenvalue weighted by atomic mass is 10.1. The van der Waals surface area contributed by atoms with Gasteiger partial charge in [-0.3, -0.25) is 9.52 Å². The highest BCUT2D eigenvalue weighted by molar-refractivity contribution is 8.13. The molecule has 5 nitrogen and oxygen atoms in total. The molecule has 1 N–H and O–H groups in total. The molecule has 3 aromatic rings. The minimum absolute atomic E-state index is 0.130. The number of thioether (sulfide) groups is 1. The fourth-order valence-electron chi connectivity index (χ4n) is 2.58. The van der Waals surface area contributed by atoms with E-state index in [0.29, 0.717) is 16.1 Å². The number of carbonyl (C=O) groups excluding carboxylic acids is 1. The van der Waals surface area contributed by atoms with Gasteiger partial charge in [-0.25, -0.2) is 8.42 Å². The molecule has 0 saturated carbocycles. The Morgan fingerprint density at radius 1 is 0.893 bits per heavy atom. The van der Waals surface area contributed by atoms with Crippen molar-refractivity contribution in [3.05, 3.63) is 78.9 Å². The number of carbonyl (C=O) groups is 1. The molecule has 1 amide bonds. The molecule has 0 heterocycles. The largest absolute Gasteiger partial charge is 0.339 e. The highest BCUT2D eigenvalue weighted by Crippen LogP contribution is 2.30. The first kappa shape index (κ1) is 20.0. The van der Waals surface area contributed by atoms with Crippen LogP contribution in [0.4, 0.5) is 10.5 Å². The van der Waals surface area contributed by atoms with Crippen LogP contribution in [0.2, 0.25) is 0 Å². The number of nitrogens with one attached hydrogen (secondary N) is 1. The zero-order valence-electron chi connectivity index (χ0n) is 15.5. The predicted octanol–water partition coefficient (Wildman–Crippen LogP) is 4.93. The Labute approximate surface area is 169 Å². The topological polar surface area (TPSA) is 66.5 Å². The summed E-state index contributed by atoms with van der Waals surface area (Å²) in [4.78, 5) is 14.2. The Hall–Kier alpha value is -2.77. The van der Waals surface area contributed by atoms with Gasteiger partial charge in [-0.2, -0.15) is 0 Å². The van der Waals surface area contributed by atoms with Crippen LogP contribution in [-0.2, 0) is 10.0 Å². The SMILES string of the molecule is CN(C)C(=O)Sc1cccc(NS(=O)(=O)c2ccccc2-c2ccccc2)c1. The van der Waals surface area contributed by atoms with Gasteiger partial charge in [0.25, 0.3) is 15.3 Å². The monoisotopic (exact) mass is 412 g/mol. The predicted molar refractivity (Wildman–Crippen MR) is 114 cm³/mol. The summed E-state index contributed by atoms with van der Waals surface area (Å²) in [5.41, 5.74) is 1.85. The molecule has 0 spiro atoms. The minimum Gasteiger partial charge on any atom is -0.339 e. The van der Waals surface area contributed by atoms with Crippen LogP contribution in [0.1, 0.15) is 0 Å². The second kappa shape index (κ2) is 8.50. The molecule has 0 aliphatic heterocycles. The fraction of sp³-hybridized carbons (Fsp3) is 0.0952. The van der Waals surface area contributed by atoms with E-state index in [1.54, 1.807) is 56.6 Å². The van der Waals surface area contributed by atoms with Crippen molar-refractivity contribution in [3.8, 4) is 11.1 Å². The van der Waals surface area contributed by atoms with Gasteiger partial charge >= 0.3 is 0 Å². The van der Waals surface area contributed by atoms with Crippen LogP contribution in [0, 0.1) is 0 Å². The number of nitrogens with zero attached hydrogens (tertiary/aromatic N) is 1.